The minimum absolute atomic E-state index is 0.464. The summed E-state index contributed by atoms with van der Waals surface area (Å²) in [5.41, 5.74) is 0. The van der Waals surface area contributed by atoms with Crippen molar-refractivity contribution in [2.24, 2.45) is 0 Å². The maximum absolute atomic E-state index is 3.55. The summed E-state index contributed by atoms with van der Waals surface area (Å²) in [6, 6.07) is 3.24. The van der Waals surface area contributed by atoms with Crippen molar-refractivity contribution in [1.29, 1.82) is 0 Å². The van der Waals surface area contributed by atoms with E-state index in [1.807, 2.05) is 0 Å². The molecule has 0 aliphatic carbocycles. The third-order valence-electron chi connectivity index (χ3n) is 2.16. The second-order valence-electron chi connectivity index (χ2n) is 3.36. The maximum atomic E-state index is 3.55. The van der Waals surface area contributed by atoms with Crippen LogP contribution < -0.4 is 5.32 Å². The third-order valence-corrected chi connectivity index (χ3v) is 4.04. The van der Waals surface area contributed by atoms with Gasteiger partial charge in [0.15, 0.2) is 0 Å². The van der Waals surface area contributed by atoms with E-state index < -0.39 is 0 Å². The van der Waals surface area contributed by atoms with Gasteiger partial charge in [0, 0.05) is 26.8 Å². The Morgan fingerprint density at radius 2 is 2.23 bits per heavy atom. The largest absolute Gasteiger partial charge is 0.307 e. The van der Waals surface area contributed by atoms with Gasteiger partial charge in [0.2, 0.25) is 0 Å². The SMILES string of the molecule is CCC(C)NC(C)c1cc(Br)cs1. The Bertz CT molecular complexity index is 259. The lowest BCUT2D eigenvalue weighted by atomic mass is 10.2. The summed E-state index contributed by atoms with van der Waals surface area (Å²) < 4.78 is 1.19. The highest BCUT2D eigenvalue weighted by Gasteiger charge is 2.09. The molecule has 1 aromatic heterocycles. The van der Waals surface area contributed by atoms with Crippen LogP contribution in [0.25, 0.3) is 0 Å². The van der Waals surface area contributed by atoms with Crippen LogP contribution >= 0.6 is 27.3 Å². The fraction of sp³-hybridized carbons (Fsp3) is 0.600. The van der Waals surface area contributed by atoms with Crippen molar-refractivity contribution >= 4 is 27.3 Å². The summed E-state index contributed by atoms with van der Waals surface area (Å²) in [5.74, 6) is 0. The van der Waals surface area contributed by atoms with Gasteiger partial charge in [-0.1, -0.05) is 6.92 Å². The van der Waals surface area contributed by atoms with E-state index in [9.17, 15) is 0 Å². The molecule has 0 bridgehead atoms. The monoisotopic (exact) mass is 261 g/mol. The van der Waals surface area contributed by atoms with E-state index in [4.69, 9.17) is 0 Å². The molecular formula is C10H16BrNS. The number of halogens is 1. The molecule has 1 rings (SSSR count). The number of nitrogens with one attached hydrogen (secondary N) is 1. The molecule has 0 fully saturated rings. The molecule has 1 nitrogen and oxygen atoms in total. The fourth-order valence-corrected chi connectivity index (χ4v) is 2.64. The van der Waals surface area contributed by atoms with Crippen LogP contribution in [0.1, 0.15) is 38.1 Å². The molecule has 1 aromatic rings. The molecule has 74 valence electrons. The minimum atomic E-state index is 0.464. The van der Waals surface area contributed by atoms with Crippen molar-refractivity contribution < 1.29 is 0 Å². The Labute approximate surface area is 92.7 Å². The van der Waals surface area contributed by atoms with Crippen LogP contribution in [0.15, 0.2) is 15.9 Å². The molecule has 1 N–H and O–H groups in total. The molecule has 0 saturated carbocycles. The summed E-state index contributed by atoms with van der Waals surface area (Å²) in [6.07, 6.45) is 1.18. The highest BCUT2D eigenvalue weighted by atomic mass is 79.9. The van der Waals surface area contributed by atoms with E-state index in [-0.39, 0.29) is 0 Å². The third kappa shape index (κ3) is 3.41. The van der Waals surface area contributed by atoms with Crippen LogP contribution in [-0.2, 0) is 0 Å². The number of thiophene rings is 1. The molecule has 0 spiro atoms. The number of rotatable bonds is 4. The second kappa shape index (κ2) is 5.13. The van der Waals surface area contributed by atoms with Gasteiger partial charge in [-0.15, -0.1) is 11.3 Å². The quantitative estimate of drug-likeness (QED) is 0.866. The summed E-state index contributed by atoms with van der Waals surface area (Å²) in [5, 5.41) is 5.68. The molecule has 0 radical (unpaired) electrons. The summed E-state index contributed by atoms with van der Waals surface area (Å²) in [6.45, 7) is 6.64. The van der Waals surface area contributed by atoms with Gasteiger partial charge >= 0.3 is 0 Å². The molecule has 0 aliphatic rings. The predicted octanol–water partition coefficient (Wildman–Crippen LogP) is 3.96. The molecule has 3 heteroatoms. The molecule has 13 heavy (non-hydrogen) atoms. The lowest BCUT2D eigenvalue weighted by Crippen LogP contribution is -2.27. The van der Waals surface area contributed by atoms with E-state index in [0.717, 1.165) is 0 Å². The zero-order valence-electron chi connectivity index (χ0n) is 8.30. The van der Waals surface area contributed by atoms with Crippen LogP contribution in [0, 0.1) is 0 Å². The second-order valence-corrected chi connectivity index (χ2v) is 5.22. The highest BCUT2D eigenvalue weighted by Crippen LogP contribution is 2.25. The van der Waals surface area contributed by atoms with E-state index in [0.29, 0.717) is 12.1 Å². The molecular weight excluding hydrogens is 246 g/mol. The summed E-state index contributed by atoms with van der Waals surface area (Å²) >= 11 is 5.27. The smallest absolute Gasteiger partial charge is 0.0388 e. The van der Waals surface area contributed by atoms with Gasteiger partial charge in [-0.25, -0.2) is 0 Å². The van der Waals surface area contributed by atoms with Gasteiger partial charge in [-0.05, 0) is 42.3 Å². The van der Waals surface area contributed by atoms with Gasteiger partial charge in [0.05, 0.1) is 0 Å². The Hall–Kier alpha value is 0.140. The first kappa shape index (κ1) is 11.2. The summed E-state index contributed by atoms with van der Waals surface area (Å²) in [7, 11) is 0. The van der Waals surface area contributed by atoms with Crippen molar-refractivity contribution in [3.8, 4) is 0 Å². The van der Waals surface area contributed by atoms with Gasteiger partial charge in [-0.3, -0.25) is 0 Å². The standard InChI is InChI=1S/C10H16BrNS/c1-4-7(2)12-8(3)10-5-9(11)6-13-10/h5-8,12H,4H2,1-3H3. The first-order valence-electron chi connectivity index (χ1n) is 4.63. The van der Waals surface area contributed by atoms with Crippen LogP contribution in [0.4, 0.5) is 0 Å². The Morgan fingerprint density at radius 3 is 2.69 bits per heavy atom. The van der Waals surface area contributed by atoms with E-state index >= 15 is 0 Å². The Kier molecular flexibility index (Phi) is 4.42. The zero-order valence-corrected chi connectivity index (χ0v) is 10.7. The molecule has 0 amide bonds. The molecule has 0 saturated heterocycles. The van der Waals surface area contributed by atoms with Crippen LogP contribution in [0.5, 0.6) is 0 Å². The van der Waals surface area contributed by atoms with E-state index in [1.165, 1.54) is 15.8 Å². The van der Waals surface area contributed by atoms with Gasteiger partial charge in [0.25, 0.3) is 0 Å². The molecule has 0 aromatic carbocycles. The van der Waals surface area contributed by atoms with E-state index in [1.54, 1.807) is 11.3 Å². The average Bonchev–Trinajstić information content (AvgIpc) is 2.51. The fourth-order valence-electron chi connectivity index (χ4n) is 1.18. The topological polar surface area (TPSA) is 12.0 Å². The lowest BCUT2D eigenvalue weighted by molar-refractivity contribution is 0.474. The average molecular weight is 262 g/mol. The molecule has 2 atom stereocenters. The first-order chi connectivity index (χ1) is 6.13. The van der Waals surface area contributed by atoms with Gasteiger partial charge in [0.1, 0.15) is 0 Å². The predicted molar refractivity (Wildman–Crippen MR) is 63.3 cm³/mol. The van der Waals surface area contributed by atoms with Crippen molar-refractivity contribution in [1.82, 2.24) is 5.32 Å². The summed E-state index contributed by atoms with van der Waals surface area (Å²) in [4.78, 5) is 1.40. The Balaban J connectivity index is 2.53. The van der Waals surface area contributed by atoms with Crippen molar-refractivity contribution in [2.45, 2.75) is 39.3 Å². The van der Waals surface area contributed by atoms with E-state index in [2.05, 4.69) is 53.5 Å². The molecule has 0 aliphatic heterocycles. The Morgan fingerprint density at radius 1 is 1.54 bits per heavy atom. The zero-order chi connectivity index (χ0) is 9.84. The normalized spacial score (nSPS) is 15.7. The lowest BCUT2D eigenvalue weighted by Gasteiger charge is -2.17. The van der Waals surface area contributed by atoms with Crippen molar-refractivity contribution in [3.05, 3.63) is 20.8 Å². The van der Waals surface area contributed by atoms with Crippen molar-refractivity contribution in [3.63, 3.8) is 0 Å². The molecule has 1 heterocycles. The number of hydrogen-bond donors (Lipinski definition) is 1. The minimum Gasteiger partial charge on any atom is -0.307 e. The first-order valence-corrected chi connectivity index (χ1v) is 6.30. The van der Waals surface area contributed by atoms with Gasteiger partial charge < -0.3 is 5.32 Å². The van der Waals surface area contributed by atoms with Crippen LogP contribution in [0.3, 0.4) is 0 Å². The van der Waals surface area contributed by atoms with Crippen LogP contribution in [0.2, 0.25) is 0 Å². The molecule has 2 unspecified atom stereocenters. The highest BCUT2D eigenvalue weighted by molar-refractivity contribution is 9.10. The van der Waals surface area contributed by atoms with Crippen LogP contribution in [-0.4, -0.2) is 6.04 Å². The van der Waals surface area contributed by atoms with Gasteiger partial charge in [-0.2, -0.15) is 0 Å². The maximum Gasteiger partial charge on any atom is 0.0388 e. The number of hydrogen-bond acceptors (Lipinski definition) is 2. The van der Waals surface area contributed by atoms with Crippen molar-refractivity contribution in [2.75, 3.05) is 0 Å².